The molecule has 0 heterocycles. The molecule has 0 bridgehead atoms. The molecule has 4 heteroatoms. The summed E-state index contributed by atoms with van der Waals surface area (Å²) in [5.41, 5.74) is 0. The number of carbonyl (C=O) groups excluding carboxylic acids is 1. The molecule has 0 fully saturated rings. The molecular formula is C7H9F3O. The molecule has 0 aromatic carbocycles. The lowest BCUT2D eigenvalue weighted by Gasteiger charge is -2.14. The lowest BCUT2D eigenvalue weighted by atomic mass is 10.0. The van der Waals surface area contributed by atoms with Crippen LogP contribution in [0.25, 0.3) is 0 Å². The maximum atomic E-state index is 11.9. The lowest BCUT2D eigenvalue weighted by Crippen LogP contribution is -2.28. The van der Waals surface area contributed by atoms with Crippen LogP contribution in [-0.2, 0) is 4.79 Å². The van der Waals surface area contributed by atoms with Crippen LogP contribution >= 0.6 is 0 Å². The first-order valence-electron chi connectivity index (χ1n) is 3.07. The number of alkyl halides is 3. The van der Waals surface area contributed by atoms with Crippen LogP contribution in [0.4, 0.5) is 13.2 Å². The number of halogens is 3. The first-order chi connectivity index (χ1) is 4.89. The van der Waals surface area contributed by atoms with Gasteiger partial charge in [-0.2, -0.15) is 13.2 Å². The summed E-state index contributed by atoms with van der Waals surface area (Å²) in [5.74, 6) is -2.74. The van der Waals surface area contributed by atoms with E-state index >= 15 is 0 Å². The number of hydrogen-bond donors (Lipinski definition) is 0. The zero-order valence-corrected chi connectivity index (χ0v) is 6.11. The average Bonchev–Trinajstić information content (AvgIpc) is 1.79. The van der Waals surface area contributed by atoms with Crippen molar-refractivity contribution >= 4 is 5.78 Å². The van der Waals surface area contributed by atoms with Gasteiger partial charge in [0.05, 0.1) is 0 Å². The molecular weight excluding hydrogens is 157 g/mol. The van der Waals surface area contributed by atoms with E-state index in [1.54, 1.807) is 0 Å². The molecule has 0 aliphatic heterocycles. The van der Waals surface area contributed by atoms with Crippen molar-refractivity contribution in [3.63, 3.8) is 0 Å². The molecule has 11 heavy (non-hydrogen) atoms. The molecule has 0 rings (SSSR count). The van der Waals surface area contributed by atoms with Gasteiger partial charge < -0.3 is 0 Å². The second-order valence-electron chi connectivity index (χ2n) is 2.23. The number of hydrogen-bond acceptors (Lipinski definition) is 1. The molecule has 1 nitrogen and oxygen atoms in total. The molecule has 0 radical (unpaired) electrons. The Bertz CT molecular complexity index is 160. The third-order valence-corrected chi connectivity index (χ3v) is 1.29. The highest BCUT2D eigenvalue weighted by Crippen LogP contribution is 2.29. The van der Waals surface area contributed by atoms with Gasteiger partial charge in [0.25, 0.3) is 0 Å². The maximum absolute atomic E-state index is 11.9. The molecule has 1 atom stereocenters. The Morgan fingerprint density at radius 2 is 2.09 bits per heavy atom. The Hall–Kier alpha value is -0.800. The van der Waals surface area contributed by atoms with Crippen molar-refractivity contribution in [2.75, 3.05) is 0 Å². The zero-order valence-electron chi connectivity index (χ0n) is 6.11. The van der Waals surface area contributed by atoms with Gasteiger partial charge in [0, 0.05) is 0 Å². The van der Waals surface area contributed by atoms with Crippen LogP contribution in [0, 0.1) is 5.92 Å². The topological polar surface area (TPSA) is 17.1 Å². The van der Waals surface area contributed by atoms with Crippen molar-refractivity contribution < 1.29 is 18.0 Å². The third kappa shape index (κ3) is 3.20. The molecule has 0 N–H and O–H groups in total. The Morgan fingerprint density at radius 1 is 1.64 bits per heavy atom. The van der Waals surface area contributed by atoms with E-state index < -0.39 is 17.9 Å². The number of rotatable bonds is 3. The minimum Gasteiger partial charge on any atom is -0.299 e. The van der Waals surface area contributed by atoms with Gasteiger partial charge in [-0.15, -0.1) is 6.58 Å². The summed E-state index contributed by atoms with van der Waals surface area (Å²) in [6.07, 6.45) is -3.67. The van der Waals surface area contributed by atoms with Crippen molar-refractivity contribution in [1.82, 2.24) is 0 Å². The predicted molar refractivity (Wildman–Crippen MR) is 35.0 cm³/mol. The van der Waals surface area contributed by atoms with E-state index in [2.05, 4.69) is 6.58 Å². The molecule has 1 unspecified atom stereocenters. The first kappa shape index (κ1) is 10.2. The minimum absolute atomic E-state index is 0.334. The number of Topliss-reactive ketones (excluding diaryl/α,β-unsaturated/α-hetero) is 1. The molecule has 0 aromatic rings. The fraction of sp³-hybridized carbons (Fsp3) is 0.571. The van der Waals surface area contributed by atoms with Gasteiger partial charge in [0.2, 0.25) is 0 Å². The Balaban J connectivity index is 4.34. The fourth-order valence-electron chi connectivity index (χ4n) is 0.697. The van der Waals surface area contributed by atoms with E-state index in [9.17, 15) is 18.0 Å². The quantitative estimate of drug-likeness (QED) is 0.588. The largest absolute Gasteiger partial charge is 0.398 e. The van der Waals surface area contributed by atoms with Gasteiger partial charge in [-0.1, -0.05) is 6.08 Å². The van der Waals surface area contributed by atoms with E-state index in [0.29, 0.717) is 0 Å². The Labute approximate surface area is 62.9 Å². The normalized spacial score (nSPS) is 14.2. The van der Waals surface area contributed by atoms with Crippen molar-refractivity contribution in [2.45, 2.75) is 19.5 Å². The van der Waals surface area contributed by atoms with Crippen LogP contribution < -0.4 is 0 Å². The third-order valence-electron chi connectivity index (χ3n) is 1.29. The highest BCUT2D eigenvalue weighted by Gasteiger charge is 2.41. The molecule has 0 spiro atoms. The first-order valence-corrected chi connectivity index (χ1v) is 3.07. The maximum Gasteiger partial charge on any atom is 0.398 e. The van der Waals surface area contributed by atoms with Gasteiger partial charge >= 0.3 is 6.18 Å². The summed E-state index contributed by atoms with van der Waals surface area (Å²) >= 11 is 0. The summed E-state index contributed by atoms with van der Waals surface area (Å²) in [4.78, 5) is 10.4. The van der Waals surface area contributed by atoms with Gasteiger partial charge in [-0.05, 0) is 13.3 Å². The van der Waals surface area contributed by atoms with Crippen LogP contribution in [0.2, 0.25) is 0 Å². The second kappa shape index (κ2) is 3.55. The van der Waals surface area contributed by atoms with Gasteiger partial charge in [-0.3, -0.25) is 4.79 Å². The number of carbonyl (C=O) groups is 1. The monoisotopic (exact) mass is 166 g/mol. The standard InChI is InChI=1S/C7H9F3O/c1-3-4-6(5(2)11)7(8,9)10/h3,6H,1,4H2,2H3. The summed E-state index contributed by atoms with van der Waals surface area (Å²) in [6, 6.07) is 0. The van der Waals surface area contributed by atoms with Crippen LogP contribution in [0.15, 0.2) is 12.7 Å². The van der Waals surface area contributed by atoms with Crippen LogP contribution in [0.5, 0.6) is 0 Å². The highest BCUT2D eigenvalue weighted by atomic mass is 19.4. The van der Waals surface area contributed by atoms with E-state index in [1.807, 2.05) is 0 Å². The van der Waals surface area contributed by atoms with Gasteiger partial charge in [-0.25, -0.2) is 0 Å². The second-order valence-corrected chi connectivity index (χ2v) is 2.23. The van der Waals surface area contributed by atoms with E-state index in [0.717, 1.165) is 13.0 Å². The fourth-order valence-corrected chi connectivity index (χ4v) is 0.697. The van der Waals surface area contributed by atoms with Crippen LogP contribution in [-0.4, -0.2) is 12.0 Å². The minimum atomic E-state index is -4.43. The van der Waals surface area contributed by atoms with Crippen molar-refractivity contribution in [3.8, 4) is 0 Å². The molecule has 64 valence electrons. The van der Waals surface area contributed by atoms with Crippen LogP contribution in [0.1, 0.15) is 13.3 Å². The van der Waals surface area contributed by atoms with Gasteiger partial charge in [0.1, 0.15) is 11.7 Å². The van der Waals surface area contributed by atoms with Gasteiger partial charge in [0.15, 0.2) is 0 Å². The van der Waals surface area contributed by atoms with Crippen molar-refractivity contribution in [1.29, 1.82) is 0 Å². The van der Waals surface area contributed by atoms with Crippen molar-refractivity contribution in [2.24, 2.45) is 5.92 Å². The number of ketones is 1. The average molecular weight is 166 g/mol. The molecule has 0 aliphatic carbocycles. The molecule has 0 saturated carbocycles. The lowest BCUT2D eigenvalue weighted by molar-refractivity contribution is -0.179. The van der Waals surface area contributed by atoms with Crippen molar-refractivity contribution in [3.05, 3.63) is 12.7 Å². The summed E-state index contributed by atoms with van der Waals surface area (Å²) < 4.78 is 35.7. The molecule has 0 amide bonds. The Kier molecular flexibility index (Phi) is 3.29. The highest BCUT2D eigenvalue weighted by molar-refractivity contribution is 5.79. The smallest absolute Gasteiger partial charge is 0.299 e. The van der Waals surface area contributed by atoms with Crippen LogP contribution in [0.3, 0.4) is 0 Å². The summed E-state index contributed by atoms with van der Waals surface area (Å²) in [5, 5.41) is 0. The number of allylic oxidation sites excluding steroid dienone is 1. The molecule has 0 saturated heterocycles. The molecule has 0 aromatic heterocycles. The zero-order chi connectivity index (χ0) is 9.07. The van der Waals surface area contributed by atoms with E-state index in [-0.39, 0.29) is 6.42 Å². The summed E-state index contributed by atoms with van der Waals surface area (Å²) in [7, 11) is 0. The molecule has 0 aliphatic rings. The van der Waals surface area contributed by atoms with E-state index in [1.165, 1.54) is 0 Å². The predicted octanol–water partition coefficient (Wildman–Crippen LogP) is 2.33. The summed E-state index contributed by atoms with van der Waals surface area (Å²) in [6.45, 7) is 4.08. The SMILES string of the molecule is C=CCC(C(C)=O)C(F)(F)F. The Morgan fingerprint density at radius 3 is 2.18 bits per heavy atom. The van der Waals surface area contributed by atoms with E-state index in [4.69, 9.17) is 0 Å².